The van der Waals surface area contributed by atoms with E-state index in [0.717, 1.165) is 49.0 Å². The molecule has 0 aliphatic carbocycles. The number of thiazole rings is 1. The first-order valence-corrected chi connectivity index (χ1v) is 12.4. The van der Waals surface area contributed by atoms with Crippen LogP contribution in [0.25, 0.3) is 11.3 Å². The van der Waals surface area contributed by atoms with E-state index in [0.29, 0.717) is 17.8 Å². The monoisotopic (exact) mass is 524 g/mol. The Hall–Kier alpha value is -3.93. The normalized spacial score (nSPS) is 13.8. The number of carbonyl (C=O) groups excluding carboxylic acids is 2. The van der Waals surface area contributed by atoms with Gasteiger partial charge in [0.15, 0.2) is 5.78 Å². The first kappa shape index (κ1) is 27.7. The van der Waals surface area contributed by atoms with Crippen LogP contribution in [0.4, 0.5) is 5.69 Å². The van der Waals surface area contributed by atoms with Crippen LogP contribution in [0, 0.1) is 0 Å². The lowest BCUT2D eigenvalue weighted by atomic mass is 10.1. The van der Waals surface area contributed by atoms with Crippen LogP contribution in [-0.4, -0.2) is 81.3 Å². The second-order valence-corrected chi connectivity index (χ2v) is 9.28. The van der Waals surface area contributed by atoms with Crippen LogP contribution in [-0.2, 0) is 20.9 Å². The highest BCUT2D eigenvalue weighted by Crippen LogP contribution is 2.22. The van der Waals surface area contributed by atoms with Gasteiger partial charge in [-0.25, -0.2) is 14.6 Å². The van der Waals surface area contributed by atoms with Crippen LogP contribution in [0.3, 0.4) is 0 Å². The summed E-state index contributed by atoms with van der Waals surface area (Å²) in [4.78, 5) is 51.3. The summed E-state index contributed by atoms with van der Waals surface area (Å²) in [5, 5.41) is 20.9. The van der Waals surface area contributed by atoms with Crippen molar-refractivity contribution in [1.29, 1.82) is 0 Å². The number of carboxylic acid groups (broad SMARTS) is 2. The molecule has 11 heteroatoms. The molecule has 1 aliphatic rings. The number of hydrogen-bond acceptors (Lipinski definition) is 8. The number of hydrogen-bond donors (Lipinski definition) is 3. The van der Waals surface area contributed by atoms with Gasteiger partial charge in [0, 0.05) is 48.4 Å². The Bertz CT molecular complexity index is 1210. The molecule has 0 unspecified atom stereocenters. The lowest BCUT2D eigenvalue weighted by Gasteiger charge is -2.33. The van der Waals surface area contributed by atoms with Crippen LogP contribution in [0.2, 0.25) is 0 Å². The fourth-order valence-electron chi connectivity index (χ4n) is 3.61. The molecule has 194 valence electrons. The predicted molar refractivity (Wildman–Crippen MR) is 140 cm³/mol. The van der Waals surface area contributed by atoms with Crippen molar-refractivity contribution < 1.29 is 29.4 Å². The van der Waals surface area contributed by atoms with Gasteiger partial charge in [-0.05, 0) is 31.2 Å². The first-order chi connectivity index (χ1) is 17.7. The maximum Gasteiger partial charge on any atom is 0.414 e. The Morgan fingerprint density at radius 3 is 2.05 bits per heavy atom. The number of piperazine rings is 1. The minimum atomic E-state index is -1.82. The molecule has 1 saturated heterocycles. The molecule has 1 fully saturated rings. The van der Waals surface area contributed by atoms with Gasteiger partial charge < -0.3 is 15.5 Å². The van der Waals surface area contributed by atoms with Gasteiger partial charge in [-0.2, -0.15) is 0 Å². The summed E-state index contributed by atoms with van der Waals surface area (Å²) >= 11 is 1.70. The Balaban J connectivity index is 0.000000568. The molecular formula is C26H28N4O6S. The van der Waals surface area contributed by atoms with Crippen molar-refractivity contribution in [3.63, 3.8) is 0 Å². The third kappa shape index (κ3) is 8.90. The second-order valence-electron chi connectivity index (χ2n) is 8.34. The lowest BCUT2D eigenvalue weighted by molar-refractivity contribution is -0.159. The smallest absolute Gasteiger partial charge is 0.414 e. The number of nitrogens with one attached hydrogen (secondary N) is 1. The van der Waals surface area contributed by atoms with Crippen molar-refractivity contribution >= 4 is 40.7 Å². The number of aromatic nitrogens is 1. The Labute approximate surface area is 218 Å². The van der Waals surface area contributed by atoms with Gasteiger partial charge in [0.25, 0.3) is 0 Å². The van der Waals surface area contributed by atoms with Crippen LogP contribution >= 0.6 is 11.3 Å². The minimum absolute atomic E-state index is 0.0183. The summed E-state index contributed by atoms with van der Waals surface area (Å²) in [6.07, 6.45) is 0. The van der Waals surface area contributed by atoms with Gasteiger partial charge in [-0.3, -0.25) is 19.4 Å². The number of benzene rings is 2. The maximum absolute atomic E-state index is 12.4. The van der Waals surface area contributed by atoms with Gasteiger partial charge in [0.1, 0.15) is 5.01 Å². The zero-order valence-corrected chi connectivity index (χ0v) is 21.1. The molecule has 4 rings (SSSR count). The summed E-state index contributed by atoms with van der Waals surface area (Å²) in [6.45, 7) is 6.30. The number of rotatable bonds is 7. The molecule has 10 nitrogen and oxygen atoms in total. The standard InChI is InChI=1S/C24H26N4O2S.C2H2O4/c1-18(29)19-7-9-21(10-8-19)25-23(30)15-27-11-13-28(14-12-27)16-24-26-22(17-31-24)20-5-3-2-4-6-20;3-1(4)2(5)6/h2-10,17H,11-16H2,1H3,(H,25,30);(H,3,4)(H,5,6). The SMILES string of the molecule is CC(=O)c1ccc(NC(=O)CN2CCN(Cc3nc(-c4ccccc4)cs3)CC2)cc1.O=C(O)C(=O)O. The van der Waals surface area contributed by atoms with E-state index < -0.39 is 11.9 Å². The van der Waals surface area contributed by atoms with Crippen molar-refractivity contribution in [2.75, 3.05) is 38.0 Å². The highest BCUT2D eigenvalue weighted by molar-refractivity contribution is 7.09. The molecule has 37 heavy (non-hydrogen) atoms. The van der Waals surface area contributed by atoms with E-state index in [1.54, 1.807) is 35.6 Å². The Kier molecular flexibility index (Phi) is 10.0. The zero-order chi connectivity index (χ0) is 26.8. The van der Waals surface area contributed by atoms with E-state index in [9.17, 15) is 9.59 Å². The molecule has 0 radical (unpaired) electrons. The van der Waals surface area contributed by atoms with Gasteiger partial charge in [0.2, 0.25) is 5.91 Å². The van der Waals surface area contributed by atoms with Crippen LogP contribution in [0.15, 0.2) is 60.0 Å². The van der Waals surface area contributed by atoms with Gasteiger partial charge in [-0.1, -0.05) is 30.3 Å². The average Bonchev–Trinajstić information content (AvgIpc) is 3.35. The summed E-state index contributed by atoms with van der Waals surface area (Å²) in [7, 11) is 0. The Morgan fingerprint density at radius 1 is 0.892 bits per heavy atom. The largest absolute Gasteiger partial charge is 0.473 e. The molecule has 0 spiro atoms. The van der Waals surface area contributed by atoms with E-state index >= 15 is 0 Å². The number of nitrogens with zero attached hydrogens (tertiary/aromatic N) is 3. The predicted octanol–water partition coefficient (Wildman–Crippen LogP) is 2.92. The highest BCUT2D eigenvalue weighted by Gasteiger charge is 2.20. The topological polar surface area (TPSA) is 140 Å². The fraction of sp³-hybridized carbons (Fsp3) is 0.269. The van der Waals surface area contributed by atoms with E-state index in [4.69, 9.17) is 24.8 Å². The number of anilines is 1. The fourth-order valence-corrected chi connectivity index (χ4v) is 4.46. The van der Waals surface area contributed by atoms with Gasteiger partial charge >= 0.3 is 11.9 Å². The molecule has 3 aromatic rings. The van der Waals surface area contributed by atoms with Crippen LogP contribution < -0.4 is 5.32 Å². The van der Waals surface area contributed by atoms with Gasteiger partial charge in [-0.15, -0.1) is 11.3 Å². The van der Waals surface area contributed by atoms with E-state index in [2.05, 4.69) is 32.6 Å². The third-order valence-electron chi connectivity index (χ3n) is 5.57. The molecule has 2 aromatic carbocycles. The summed E-state index contributed by atoms with van der Waals surface area (Å²) in [6, 6.07) is 17.3. The van der Waals surface area contributed by atoms with Crippen LogP contribution in [0.1, 0.15) is 22.3 Å². The first-order valence-electron chi connectivity index (χ1n) is 11.5. The number of carbonyl (C=O) groups is 4. The van der Waals surface area contributed by atoms with Crippen molar-refractivity contribution in [2.45, 2.75) is 13.5 Å². The molecule has 0 atom stereocenters. The molecule has 1 aliphatic heterocycles. The van der Waals surface area contributed by atoms with Crippen molar-refractivity contribution in [1.82, 2.24) is 14.8 Å². The number of carboxylic acids is 2. The second kappa shape index (κ2) is 13.4. The molecule has 2 heterocycles. The summed E-state index contributed by atoms with van der Waals surface area (Å²) in [5.41, 5.74) is 3.54. The number of Topliss-reactive ketones (excluding diaryl/α,β-unsaturated/α-hetero) is 1. The quantitative estimate of drug-likeness (QED) is 0.314. The molecule has 0 saturated carbocycles. The highest BCUT2D eigenvalue weighted by atomic mass is 32.1. The van der Waals surface area contributed by atoms with Crippen molar-refractivity contribution in [3.05, 3.63) is 70.5 Å². The molecule has 1 aromatic heterocycles. The number of aliphatic carboxylic acids is 2. The Morgan fingerprint density at radius 2 is 1.49 bits per heavy atom. The number of ketones is 1. The minimum Gasteiger partial charge on any atom is -0.473 e. The van der Waals surface area contributed by atoms with E-state index in [-0.39, 0.29) is 11.7 Å². The summed E-state index contributed by atoms with van der Waals surface area (Å²) in [5.74, 6) is -3.66. The molecule has 3 N–H and O–H groups in total. The lowest BCUT2D eigenvalue weighted by Crippen LogP contribution is -2.48. The molecule has 0 bridgehead atoms. The van der Waals surface area contributed by atoms with Crippen LogP contribution in [0.5, 0.6) is 0 Å². The van der Waals surface area contributed by atoms with E-state index in [1.165, 1.54) is 6.92 Å². The zero-order valence-electron chi connectivity index (χ0n) is 20.3. The van der Waals surface area contributed by atoms with Gasteiger partial charge in [0.05, 0.1) is 18.8 Å². The number of amides is 1. The summed E-state index contributed by atoms with van der Waals surface area (Å²) < 4.78 is 0. The molecular weight excluding hydrogens is 496 g/mol. The average molecular weight is 525 g/mol. The third-order valence-corrected chi connectivity index (χ3v) is 6.40. The maximum atomic E-state index is 12.4. The van der Waals surface area contributed by atoms with E-state index in [1.807, 2.05) is 18.2 Å². The molecule has 1 amide bonds. The van der Waals surface area contributed by atoms with Crippen molar-refractivity contribution in [2.24, 2.45) is 0 Å². The van der Waals surface area contributed by atoms with Crippen molar-refractivity contribution in [3.8, 4) is 11.3 Å².